The number of nitrogens with zero attached hydrogens (tertiary/aromatic N) is 3. The van der Waals surface area contributed by atoms with E-state index in [1.54, 1.807) is 7.05 Å². The van der Waals surface area contributed by atoms with Crippen LogP contribution in [0.4, 0.5) is 0 Å². The largest absolute Gasteiger partial charge is 0.355 e. The molecule has 2 bridgehead atoms. The molecule has 0 saturated carbocycles. The van der Waals surface area contributed by atoms with Crippen LogP contribution in [0.15, 0.2) is 23.2 Å². The van der Waals surface area contributed by atoms with E-state index in [4.69, 9.17) is 23.2 Å². The van der Waals surface area contributed by atoms with E-state index >= 15 is 0 Å². The first kappa shape index (κ1) is 17.8. The number of aliphatic imine (C=N–C) groups is 1. The molecule has 1 aromatic carbocycles. The van der Waals surface area contributed by atoms with Crippen LogP contribution in [-0.4, -0.2) is 68.1 Å². The van der Waals surface area contributed by atoms with E-state index < -0.39 is 0 Å². The van der Waals surface area contributed by atoms with Crippen molar-refractivity contribution >= 4 is 29.2 Å². The summed E-state index contributed by atoms with van der Waals surface area (Å²) < 4.78 is 0. The first-order chi connectivity index (χ1) is 11.6. The second-order valence-corrected chi connectivity index (χ2v) is 7.30. The second-order valence-electron chi connectivity index (χ2n) is 6.48. The maximum Gasteiger partial charge on any atom is 0.191 e. The molecular formula is C17H25Cl2N5. The number of halogens is 2. The molecule has 3 fully saturated rings. The van der Waals surface area contributed by atoms with Crippen LogP contribution >= 0.6 is 23.2 Å². The lowest BCUT2D eigenvalue weighted by atomic mass is 10.1. The number of rotatable bonds is 4. The van der Waals surface area contributed by atoms with Gasteiger partial charge in [0.25, 0.3) is 0 Å². The maximum atomic E-state index is 6.11. The minimum absolute atomic E-state index is 0.0952. The summed E-state index contributed by atoms with van der Waals surface area (Å²) in [5.41, 5.74) is 1.08. The second kappa shape index (κ2) is 7.91. The van der Waals surface area contributed by atoms with Gasteiger partial charge in [0.05, 0.1) is 16.1 Å². The van der Waals surface area contributed by atoms with Crippen molar-refractivity contribution in [3.63, 3.8) is 0 Å². The molecule has 0 spiro atoms. The average molecular weight is 370 g/mol. The van der Waals surface area contributed by atoms with Gasteiger partial charge in [0, 0.05) is 52.4 Å². The number of fused-ring (bicyclic) bond motifs is 3. The molecule has 0 radical (unpaired) electrons. The summed E-state index contributed by atoms with van der Waals surface area (Å²) in [6.07, 6.45) is 0. The van der Waals surface area contributed by atoms with Gasteiger partial charge in [-0.3, -0.25) is 14.8 Å². The van der Waals surface area contributed by atoms with E-state index in [-0.39, 0.29) is 6.04 Å². The summed E-state index contributed by atoms with van der Waals surface area (Å²) in [4.78, 5) is 9.46. The van der Waals surface area contributed by atoms with Crippen LogP contribution in [0, 0.1) is 0 Å². The number of guanidine groups is 1. The topological polar surface area (TPSA) is 42.9 Å². The Bertz CT molecular complexity index is 599. The van der Waals surface area contributed by atoms with Crippen LogP contribution in [0.25, 0.3) is 0 Å². The predicted octanol–water partition coefficient (Wildman–Crippen LogP) is 2.22. The summed E-state index contributed by atoms with van der Waals surface area (Å²) >= 11 is 12.1. The van der Waals surface area contributed by atoms with Crippen molar-refractivity contribution in [1.29, 1.82) is 0 Å². The monoisotopic (exact) mass is 369 g/mol. The lowest BCUT2D eigenvalue weighted by Crippen LogP contribution is -2.63. The molecule has 132 valence electrons. The van der Waals surface area contributed by atoms with Gasteiger partial charge in [-0.1, -0.05) is 29.3 Å². The Morgan fingerprint density at radius 2 is 2.00 bits per heavy atom. The molecular weight excluding hydrogens is 345 g/mol. The van der Waals surface area contributed by atoms with Crippen LogP contribution in [0.1, 0.15) is 18.5 Å². The molecule has 7 heteroatoms. The summed E-state index contributed by atoms with van der Waals surface area (Å²) in [7, 11) is 1.80. The Hall–Kier alpha value is -1.01. The van der Waals surface area contributed by atoms with E-state index in [2.05, 4.69) is 32.3 Å². The van der Waals surface area contributed by atoms with Gasteiger partial charge < -0.3 is 10.6 Å². The van der Waals surface area contributed by atoms with Crippen LogP contribution in [0.3, 0.4) is 0 Å². The summed E-state index contributed by atoms with van der Waals surface area (Å²) in [6, 6.07) is 6.37. The van der Waals surface area contributed by atoms with Gasteiger partial charge in [-0.25, -0.2) is 0 Å². The molecule has 3 aliphatic heterocycles. The third-order valence-electron chi connectivity index (χ3n) is 4.92. The van der Waals surface area contributed by atoms with Crippen molar-refractivity contribution in [2.24, 2.45) is 4.99 Å². The molecule has 4 rings (SSSR count). The van der Waals surface area contributed by atoms with Gasteiger partial charge in [0.1, 0.15) is 0 Å². The quantitative estimate of drug-likeness (QED) is 0.630. The van der Waals surface area contributed by atoms with Gasteiger partial charge in [0.2, 0.25) is 0 Å². The molecule has 24 heavy (non-hydrogen) atoms. The summed E-state index contributed by atoms with van der Waals surface area (Å²) in [5.74, 6) is 0.811. The van der Waals surface area contributed by atoms with Gasteiger partial charge in [-0.15, -0.1) is 0 Å². The first-order valence-electron chi connectivity index (χ1n) is 8.45. The Balaban J connectivity index is 1.53. The zero-order chi connectivity index (χ0) is 17.1. The Morgan fingerprint density at radius 3 is 2.58 bits per heavy atom. The average Bonchev–Trinajstić information content (AvgIpc) is 2.61. The van der Waals surface area contributed by atoms with Crippen molar-refractivity contribution in [3.05, 3.63) is 33.8 Å². The number of piperazine rings is 3. The third kappa shape index (κ3) is 4.14. The number of hydrogen-bond acceptors (Lipinski definition) is 3. The van der Waals surface area contributed by atoms with Crippen LogP contribution < -0.4 is 10.6 Å². The van der Waals surface area contributed by atoms with E-state index in [1.165, 1.54) is 26.2 Å². The molecule has 3 heterocycles. The molecule has 5 nitrogen and oxygen atoms in total. The molecule has 2 unspecified atom stereocenters. The fourth-order valence-corrected chi connectivity index (χ4v) is 3.70. The molecule has 1 aromatic rings. The number of hydrogen-bond donors (Lipinski definition) is 2. The number of benzene rings is 1. The Morgan fingerprint density at radius 1 is 1.25 bits per heavy atom. The molecule has 0 aliphatic carbocycles. The molecule has 2 N–H and O–H groups in total. The van der Waals surface area contributed by atoms with Crippen molar-refractivity contribution in [2.75, 3.05) is 46.3 Å². The minimum atomic E-state index is 0.0952. The van der Waals surface area contributed by atoms with Gasteiger partial charge in [0.15, 0.2) is 5.96 Å². The molecule has 0 amide bonds. The minimum Gasteiger partial charge on any atom is -0.355 e. The maximum absolute atomic E-state index is 6.11. The SMILES string of the molecule is CN=C(NCC1CN2CCN1CC2)NC(C)c1ccc(Cl)c(Cl)c1. The van der Waals surface area contributed by atoms with Gasteiger partial charge >= 0.3 is 0 Å². The number of nitrogens with one attached hydrogen (secondary N) is 2. The molecule has 0 aromatic heterocycles. The lowest BCUT2D eigenvalue weighted by Gasteiger charge is -2.47. The molecule has 3 saturated heterocycles. The van der Waals surface area contributed by atoms with Crippen LogP contribution in [-0.2, 0) is 0 Å². The highest BCUT2D eigenvalue weighted by Crippen LogP contribution is 2.25. The van der Waals surface area contributed by atoms with Crippen LogP contribution in [0.5, 0.6) is 0 Å². The fourth-order valence-electron chi connectivity index (χ4n) is 3.40. The van der Waals surface area contributed by atoms with Crippen LogP contribution in [0.2, 0.25) is 10.0 Å². The van der Waals surface area contributed by atoms with Crippen molar-refractivity contribution < 1.29 is 0 Å². The van der Waals surface area contributed by atoms with E-state index in [1.807, 2.05) is 18.2 Å². The molecule has 2 atom stereocenters. The molecule has 3 aliphatic rings. The van der Waals surface area contributed by atoms with Crippen molar-refractivity contribution in [2.45, 2.75) is 19.0 Å². The Kier molecular flexibility index (Phi) is 5.87. The third-order valence-corrected chi connectivity index (χ3v) is 5.66. The van der Waals surface area contributed by atoms with Gasteiger partial charge in [-0.05, 0) is 24.6 Å². The highest BCUT2D eigenvalue weighted by atomic mass is 35.5. The summed E-state index contributed by atoms with van der Waals surface area (Å²) in [5, 5.41) is 8.03. The highest BCUT2D eigenvalue weighted by Gasteiger charge is 2.31. The Labute approximate surface area is 154 Å². The predicted molar refractivity (Wildman–Crippen MR) is 101 cm³/mol. The van der Waals surface area contributed by atoms with E-state index in [0.29, 0.717) is 16.1 Å². The van der Waals surface area contributed by atoms with Gasteiger partial charge in [-0.2, -0.15) is 0 Å². The first-order valence-corrected chi connectivity index (χ1v) is 9.21. The smallest absolute Gasteiger partial charge is 0.191 e. The standard InChI is InChI=1S/C17H25Cl2N5/c1-12(13-3-4-15(18)16(19)9-13)22-17(20-2)21-10-14-11-23-5-7-24(14)8-6-23/h3-4,9,12,14H,5-8,10-11H2,1-2H3,(H2,20,21,22). The van der Waals surface area contributed by atoms with Crippen molar-refractivity contribution in [3.8, 4) is 0 Å². The summed E-state index contributed by atoms with van der Waals surface area (Å²) in [6.45, 7) is 8.91. The normalized spacial score (nSPS) is 27.8. The zero-order valence-electron chi connectivity index (χ0n) is 14.2. The lowest BCUT2D eigenvalue weighted by molar-refractivity contribution is 0.0154. The fraction of sp³-hybridized carbons (Fsp3) is 0.588. The van der Waals surface area contributed by atoms with Crippen molar-refractivity contribution in [1.82, 2.24) is 20.4 Å². The highest BCUT2D eigenvalue weighted by molar-refractivity contribution is 6.42. The van der Waals surface area contributed by atoms with E-state index in [9.17, 15) is 0 Å². The van der Waals surface area contributed by atoms with E-state index in [0.717, 1.165) is 24.6 Å². The zero-order valence-corrected chi connectivity index (χ0v) is 15.7.